The van der Waals surface area contributed by atoms with Gasteiger partial charge in [-0.05, 0) is 18.1 Å². The third-order valence-corrected chi connectivity index (χ3v) is 5.26. The highest BCUT2D eigenvalue weighted by atomic mass is 16.5. The molecule has 1 aliphatic heterocycles. The number of carbonyl (C=O) groups is 2. The summed E-state index contributed by atoms with van der Waals surface area (Å²) in [5, 5.41) is 6.09. The number of hydrogen-bond acceptors (Lipinski definition) is 7. The number of benzene rings is 2. The Bertz CT molecular complexity index is 918. The van der Waals surface area contributed by atoms with E-state index in [1.165, 1.54) is 0 Å². The third-order valence-electron chi connectivity index (χ3n) is 5.26. The van der Waals surface area contributed by atoms with Gasteiger partial charge in [0.25, 0.3) is 0 Å². The van der Waals surface area contributed by atoms with Crippen LogP contribution in [-0.2, 0) is 20.9 Å². The number of anilines is 1. The lowest BCUT2D eigenvalue weighted by atomic mass is 9.92. The fraction of sp³-hybridized carbons (Fsp3) is 0.417. The summed E-state index contributed by atoms with van der Waals surface area (Å²) in [7, 11) is 3.09. The average molecular weight is 443 g/mol. The van der Waals surface area contributed by atoms with Crippen LogP contribution in [0.5, 0.6) is 11.5 Å². The molecule has 2 N–H and O–H groups in total. The molecule has 0 aliphatic carbocycles. The zero-order chi connectivity index (χ0) is 22.9. The van der Waals surface area contributed by atoms with Crippen molar-refractivity contribution in [1.29, 1.82) is 0 Å². The standard InChI is InChI=1S/C24H30N2O6/c1-4-5-11-31-23(27)20-13-18(26-24(28)32-15-16-9-7-6-8-10-16)17-12-21(29-2)22(30-3)14-19(17)25-20/h6-10,12,14,18,20,25H,4-5,11,13,15H2,1-3H3,(H,26,28)/t18-,20-/m0/s1. The summed E-state index contributed by atoms with van der Waals surface area (Å²) < 4.78 is 21.6. The first-order valence-electron chi connectivity index (χ1n) is 10.7. The maximum absolute atomic E-state index is 12.6. The SMILES string of the molecule is CCCCOC(=O)[C@@H]1C[C@H](NC(=O)OCc2ccccc2)c2cc(OC)c(OC)cc2N1. The van der Waals surface area contributed by atoms with Crippen LogP contribution in [0.25, 0.3) is 0 Å². The van der Waals surface area contributed by atoms with Gasteiger partial charge in [0.15, 0.2) is 11.5 Å². The Morgan fingerprint density at radius 3 is 2.47 bits per heavy atom. The Morgan fingerprint density at radius 1 is 1.06 bits per heavy atom. The molecule has 0 radical (unpaired) electrons. The number of alkyl carbamates (subject to hydrolysis) is 1. The summed E-state index contributed by atoms with van der Waals surface area (Å²) in [6, 6.07) is 11.9. The fourth-order valence-electron chi connectivity index (χ4n) is 3.53. The number of hydrogen-bond donors (Lipinski definition) is 2. The van der Waals surface area contributed by atoms with Gasteiger partial charge in [-0.15, -0.1) is 0 Å². The smallest absolute Gasteiger partial charge is 0.407 e. The molecular weight excluding hydrogens is 412 g/mol. The summed E-state index contributed by atoms with van der Waals surface area (Å²) in [6.45, 7) is 2.55. The zero-order valence-electron chi connectivity index (χ0n) is 18.7. The molecule has 0 aromatic heterocycles. The maximum atomic E-state index is 12.6. The van der Waals surface area contributed by atoms with Crippen molar-refractivity contribution >= 4 is 17.7 Å². The van der Waals surface area contributed by atoms with Crippen LogP contribution in [0.1, 0.15) is 43.4 Å². The molecular formula is C24H30N2O6. The molecule has 0 saturated heterocycles. The van der Waals surface area contributed by atoms with Gasteiger partial charge in [0.1, 0.15) is 12.6 Å². The Kier molecular flexibility index (Phi) is 8.19. The molecule has 8 nitrogen and oxygen atoms in total. The Balaban J connectivity index is 1.77. The van der Waals surface area contributed by atoms with E-state index in [1.54, 1.807) is 26.4 Å². The summed E-state index contributed by atoms with van der Waals surface area (Å²) in [5.74, 6) is 0.689. The van der Waals surface area contributed by atoms with Crippen molar-refractivity contribution in [3.05, 3.63) is 53.6 Å². The van der Waals surface area contributed by atoms with Crippen LogP contribution in [0.15, 0.2) is 42.5 Å². The lowest BCUT2D eigenvalue weighted by molar-refractivity contribution is -0.145. The van der Waals surface area contributed by atoms with Crippen LogP contribution < -0.4 is 20.1 Å². The van der Waals surface area contributed by atoms with Crippen molar-refractivity contribution in [2.75, 3.05) is 26.1 Å². The topological polar surface area (TPSA) is 95.1 Å². The number of esters is 1. The van der Waals surface area contributed by atoms with Crippen LogP contribution in [0, 0.1) is 0 Å². The van der Waals surface area contributed by atoms with E-state index in [0.717, 1.165) is 24.0 Å². The van der Waals surface area contributed by atoms with E-state index in [1.807, 2.05) is 37.3 Å². The second kappa shape index (κ2) is 11.3. The molecule has 2 aromatic rings. The van der Waals surface area contributed by atoms with Gasteiger partial charge in [0, 0.05) is 23.7 Å². The molecule has 0 bridgehead atoms. The van der Waals surface area contributed by atoms with Crippen molar-refractivity contribution in [1.82, 2.24) is 5.32 Å². The van der Waals surface area contributed by atoms with Crippen molar-refractivity contribution in [2.24, 2.45) is 0 Å². The molecule has 1 amide bonds. The van der Waals surface area contributed by atoms with E-state index in [2.05, 4.69) is 10.6 Å². The quantitative estimate of drug-likeness (QED) is 0.444. The predicted molar refractivity (Wildman–Crippen MR) is 120 cm³/mol. The van der Waals surface area contributed by atoms with Crippen LogP contribution in [0.2, 0.25) is 0 Å². The van der Waals surface area contributed by atoms with Gasteiger partial charge in [-0.2, -0.15) is 0 Å². The summed E-state index contributed by atoms with van der Waals surface area (Å²) >= 11 is 0. The summed E-state index contributed by atoms with van der Waals surface area (Å²) in [5.41, 5.74) is 2.33. The molecule has 8 heteroatoms. The highest BCUT2D eigenvalue weighted by Crippen LogP contribution is 2.40. The molecule has 172 valence electrons. The molecule has 0 saturated carbocycles. The second-order valence-corrected chi connectivity index (χ2v) is 7.51. The molecule has 1 heterocycles. The normalized spacial score (nSPS) is 16.8. The summed E-state index contributed by atoms with van der Waals surface area (Å²) in [4.78, 5) is 25.2. The molecule has 32 heavy (non-hydrogen) atoms. The molecule has 3 rings (SSSR count). The predicted octanol–water partition coefficient (Wildman–Crippen LogP) is 4.20. The van der Waals surface area contributed by atoms with Gasteiger partial charge in [0.05, 0.1) is 26.9 Å². The highest BCUT2D eigenvalue weighted by Gasteiger charge is 2.34. The number of fused-ring (bicyclic) bond motifs is 1. The van der Waals surface area contributed by atoms with E-state index in [0.29, 0.717) is 30.2 Å². The van der Waals surface area contributed by atoms with E-state index < -0.39 is 18.2 Å². The highest BCUT2D eigenvalue weighted by molar-refractivity contribution is 5.82. The van der Waals surface area contributed by atoms with Crippen LogP contribution in [-0.4, -0.2) is 38.9 Å². The number of amides is 1. The van der Waals surface area contributed by atoms with Crippen molar-refractivity contribution in [3.63, 3.8) is 0 Å². The second-order valence-electron chi connectivity index (χ2n) is 7.51. The van der Waals surface area contributed by atoms with E-state index in [-0.39, 0.29) is 12.6 Å². The Labute approximate surface area is 188 Å². The largest absolute Gasteiger partial charge is 0.493 e. The number of unbranched alkanes of at least 4 members (excludes halogenated alkanes) is 1. The van der Waals surface area contributed by atoms with Crippen LogP contribution >= 0.6 is 0 Å². The lowest BCUT2D eigenvalue weighted by Gasteiger charge is -2.33. The molecule has 2 atom stereocenters. The molecule has 1 aliphatic rings. The average Bonchev–Trinajstić information content (AvgIpc) is 2.82. The molecule has 0 unspecified atom stereocenters. The van der Waals surface area contributed by atoms with Gasteiger partial charge in [-0.3, -0.25) is 0 Å². The first-order chi connectivity index (χ1) is 15.5. The van der Waals surface area contributed by atoms with E-state index in [9.17, 15) is 9.59 Å². The van der Waals surface area contributed by atoms with Gasteiger partial charge in [-0.1, -0.05) is 43.7 Å². The fourth-order valence-corrected chi connectivity index (χ4v) is 3.53. The van der Waals surface area contributed by atoms with Gasteiger partial charge in [-0.25, -0.2) is 9.59 Å². The molecule has 0 fully saturated rings. The number of nitrogens with one attached hydrogen (secondary N) is 2. The minimum Gasteiger partial charge on any atom is -0.493 e. The van der Waals surface area contributed by atoms with Gasteiger partial charge >= 0.3 is 12.1 Å². The maximum Gasteiger partial charge on any atom is 0.407 e. The monoisotopic (exact) mass is 442 g/mol. The van der Waals surface area contributed by atoms with E-state index >= 15 is 0 Å². The number of ether oxygens (including phenoxy) is 4. The van der Waals surface area contributed by atoms with E-state index in [4.69, 9.17) is 18.9 Å². The van der Waals surface area contributed by atoms with Crippen LogP contribution in [0.3, 0.4) is 0 Å². The minimum absolute atomic E-state index is 0.152. The van der Waals surface area contributed by atoms with Gasteiger partial charge < -0.3 is 29.6 Å². The first kappa shape index (κ1) is 23.2. The number of rotatable bonds is 9. The minimum atomic E-state index is -0.614. The third kappa shape index (κ3) is 5.84. The van der Waals surface area contributed by atoms with Crippen molar-refractivity contribution in [3.8, 4) is 11.5 Å². The van der Waals surface area contributed by atoms with Crippen molar-refractivity contribution < 1.29 is 28.5 Å². The molecule has 2 aromatic carbocycles. The van der Waals surface area contributed by atoms with Crippen molar-refractivity contribution in [2.45, 2.75) is 44.9 Å². The van der Waals surface area contributed by atoms with Gasteiger partial charge in [0.2, 0.25) is 0 Å². The number of carbonyl (C=O) groups excluding carboxylic acids is 2. The summed E-state index contributed by atoms with van der Waals surface area (Å²) in [6.07, 6.45) is 1.48. The lowest BCUT2D eigenvalue weighted by Crippen LogP contribution is -2.42. The Hall–Kier alpha value is -3.42. The number of methoxy groups -OCH3 is 2. The van der Waals surface area contributed by atoms with Crippen LogP contribution in [0.4, 0.5) is 10.5 Å². The first-order valence-corrected chi connectivity index (χ1v) is 10.7. The molecule has 0 spiro atoms. The Morgan fingerprint density at radius 2 is 1.78 bits per heavy atom. The zero-order valence-corrected chi connectivity index (χ0v) is 18.7.